The molecule has 0 bridgehead atoms. The third-order valence-electron chi connectivity index (χ3n) is 4.37. The number of H-pyrrole nitrogens is 1. The molecule has 3 aromatic rings. The summed E-state index contributed by atoms with van der Waals surface area (Å²) in [7, 11) is 3.19. The van der Waals surface area contributed by atoms with Crippen LogP contribution in [0.3, 0.4) is 0 Å². The number of hydrogen-bond donors (Lipinski definition) is 1. The first-order valence-electron chi connectivity index (χ1n) is 8.73. The van der Waals surface area contributed by atoms with E-state index in [9.17, 15) is 4.79 Å². The van der Waals surface area contributed by atoms with Crippen molar-refractivity contribution in [3.63, 3.8) is 0 Å². The van der Waals surface area contributed by atoms with Crippen molar-refractivity contribution < 1.29 is 14.3 Å². The predicted molar refractivity (Wildman–Crippen MR) is 106 cm³/mol. The molecule has 0 spiro atoms. The quantitative estimate of drug-likeness (QED) is 0.715. The second kappa shape index (κ2) is 7.95. The molecule has 0 saturated carbocycles. The maximum Gasteiger partial charge on any atom is 0.276 e. The Labute approximate surface area is 158 Å². The van der Waals surface area contributed by atoms with E-state index in [1.165, 1.54) is 0 Å². The zero-order valence-electron chi connectivity index (χ0n) is 15.9. The van der Waals surface area contributed by atoms with E-state index in [-0.39, 0.29) is 5.91 Å². The van der Waals surface area contributed by atoms with Gasteiger partial charge in [0.25, 0.3) is 5.91 Å². The number of ether oxygens (including phenoxy) is 2. The van der Waals surface area contributed by atoms with Crippen LogP contribution < -0.4 is 14.4 Å². The van der Waals surface area contributed by atoms with Gasteiger partial charge in [0.05, 0.1) is 19.9 Å². The topological polar surface area (TPSA) is 67.5 Å². The minimum atomic E-state index is -0.130. The normalized spacial score (nSPS) is 10.5. The van der Waals surface area contributed by atoms with Crippen molar-refractivity contribution in [1.29, 1.82) is 0 Å². The van der Waals surface area contributed by atoms with E-state index in [0.717, 1.165) is 16.8 Å². The highest BCUT2D eigenvalue weighted by atomic mass is 16.5. The van der Waals surface area contributed by atoms with E-state index in [2.05, 4.69) is 10.2 Å². The summed E-state index contributed by atoms with van der Waals surface area (Å²) in [5, 5.41) is 7.16. The number of hydrogen-bond acceptors (Lipinski definition) is 4. The predicted octanol–water partition coefficient (Wildman–Crippen LogP) is 4.07. The molecule has 1 heterocycles. The summed E-state index contributed by atoms with van der Waals surface area (Å²) < 4.78 is 10.7. The zero-order valence-corrected chi connectivity index (χ0v) is 15.9. The van der Waals surface area contributed by atoms with Crippen molar-refractivity contribution >= 4 is 11.6 Å². The van der Waals surface area contributed by atoms with Crippen molar-refractivity contribution in [2.24, 2.45) is 0 Å². The van der Waals surface area contributed by atoms with Crippen molar-refractivity contribution in [3.8, 4) is 22.8 Å². The first kappa shape index (κ1) is 18.5. The van der Waals surface area contributed by atoms with Gasteiger partial charge in [0.1, 0.15) is 17.2 Å². The molecule has 0 radical (unpaired) electrons. The summed E-state index contributed by atoms with van der Waals surface area (Å²) >= 11 is 0. The molecule has 1 N–H and O–H groups in total. The molecule has 0 unspecified atom stereocenters. The molecule has 0 aliphatic rings. The zero-order chi connectivity index (χ0) is 19.4. The number of nitrogens with zero attached hydrogens (tertiary/aromatic N) is 2. The fourth-order valence-electron chi connectivity index (χ4n) is 2.96. The number of methoxy groups -OCH3 is 2. The Kier molecular flexibility index (Phi) is 5.45. The highest BCUT2D eigenvalue weighted by molar-refractivity contribution is 6.05. The van der Waals surface area contributed by atoms with Gasteiger partial charge in [0.15, 0.2) is 0 Å². The molecular weight excluding hydrogens is 342 g/mol. The Balaban J connectivity index is 1.92. The molecule has 0 atom stereocenters. The Morgan fingerprint density at radius 3 is 2.59 bits per heavy atom. The lowest BCUT2D eigenvalue weighted by Gasteiger charge is -2.20. The van der Waals surface area contributed by atoms with Crippen LogP contribution >= 0.6 is 0 Å². The molecular formula is C21H23N3O3. The smallest absolute Gasteiger partial charge is 0.276 e. The molecule has 140 valence electrons. The highest BCUT2D eigenvalue weighted by Gasteiger charge is 2.20. The molecule has 1 aromatic heterocycles. The van der Waals surface area contributed by atoms with Gasteiger partial charge in [-0.25, -0.2) is 0 Å². The largest absolute Gasteiger partial charge is 0.497 e. The van der Waals surface area contributed by atoms with E-state index >= 15 is 0 Å². The van der Waals surface area contributed by atoms with Gasteiger partial charge >= 0.3 is 0 Å². The monoisotopic (exact) mass is 365 g/mol. The molecule has 1 amide bonds. The standard InChI is InChI=1S/C21H23N3O3/c1-5-24(15-8-6-7-14(2)11-15)21(25)19-13-18(22-23-19)17-10-9-16(26-3)12-20(17)27-4/h6-13H,5H2,1-4H3,(H,22,23). The van der Waals surface area contributed by atoms with Gasteiger partial charge in [-0.05, 0) is 49.7 Å². The average Bonchev–Trinajstić information content (AvgIpc) is 3.18. The summed E-state index contributed by atoms with van der Waals surface area (Å²) in [6.45, 7) is 4.51. The van der Waals surface area contributed by atoms with E-state index in [1.54, 1.807) is 31.3 Å². The maximum atomic E-state index is 13.0. The average molecular weight is 365 g/mol. The first-order valence-corrected chi connectivity index (χ1v) is 8.73. The van der Waals surface area contributed by atoms with Crippen LogP contribution in [0.25, 0.3) is 11.3 Å². The van der Waals surface area contributed by atoms with Crippen LogP contribution in [0.5, 0.6) is 11.5 Å². The third kappa shape index (κ3) is 3.79. The van der Waals surface area contributed by atoms with Crippen LogP contribution in [0.2, 0.25) is 0 Å². The molecule has 3 rings (SSSR count). The number of rotatable bonds is 6. The van der Waals surface area contributed by atoms with Crippen molar-refractivity contribution in [2.45, 2.75) is 13.8 Å². The molecule has 27 heavy (non-hydrogen) atoms. The van der Waals surface area contributed by atoms with E-state index in [4.69, 9.17) is 9.47 Å². The fraction of sp³-hybridized carbons (Fsp3) is 0.238. The fourth-order valence-corrected chi connectivity index (χ4v) is 2.96. The molecule has 2 aromatic carbocycles. The van der Waals surface area contributed by atoms with E-state index in [0.29, 0.717) is 29.4 Å². The summed E-state index contributed by atoms with van der Waals surface area (Å²) in [5.74, 6) is 1.19. The van der Waals surface area contributed by atoms with E-state index in [1.807, 2.05) is 50.2 Å². The maximum absolute atomic E-state index is 13.0. The Morgan fingerprint density at radius 1 is 1.11 bits per heavy atom. The summed E-state index contributed by atoms with van der Waals surface area (Å²) in [5.41, 5.74) is 3.81. The van der Waals surface area contributed by atoms with Crippen molar-refractivity contribution in [1.82, 2.24) is 10.2 Å². The second-order valence-corrected chi connectivity index (χ2v) is 6.12. The Morgan fingerprint density at radius 2 is 1.93 bits per heavy atom. The molecule has 0 aliphatic heterocycles. The van der Waals surface area contributed by atoms with Gasteiger partial charge in [0, 0.05) is 23.9 Å². The molecule has 6 heteroatoms. The van der Waals surface area contributed by atoms with Gasteiger partial charge < -0.3 is 14.4 Å². The van der Waals surface area contributed by atoms with Crippen LogP contribution in [0, 0.1) is 6.92 Å². The lowest BCUT2D eigenvalue weighted by molar-refractivity contribution is 0.0983. The number of aromatic nitrogens is 2. The summed E-state index contributed by atoms with van der Waals surface area (Å²) in [6.07, 6.45) is 0. The van der Waals surface area contributed by atoms with E-state index < -0.39 is 0 Å². The lowest BCUT2D eigenvalue weighted by atomic mass is 10.1. The summed E-state index contributed by atoms with van der Waals surface area (Å²) in [6, 6.07) is 15.1. The van der Waals surface area contributed by atoms with Crippen LogP contribution in [-0.4, -0.2) is 36.9 Å². The van der Waals surface area contributed by atoms with Crippen LogP contribution in [0.15, 0.2) is 48.5 Å². The number of anilines is 1. The van der Waals surface area contributed by atoms with Gasteiger partial charge in [-0.3, -0.25) is 9.89 Å². The summed E-state index contributed by atoms with van der Waals surface area (Å²) in [4.78, 5) is 14.7. The Hall–Kier alpha value is -3.28. The highest BCUT2D eigenvalue weighted by Crippen LogP contribution is 2.32. The molecule has 6 nitrogen and oxygen atoms in total. The van der Waals surface area contributed by atoms with Crippen LogP contribution in [0.4, 0.5) is 5.69 Å². The Bertz CT molecular complexity index is 949. The first-order chi connectivity index (χ1) is 13.1. The third-order valence-corrected chi connectivity index (χ3v) is 4.37. The van der Waals surface area contributed by atoms with Crippen molar-refractivity contribution in [3.05, 3.63) is 59.8 Å². The van der Waals surface area contributed by atoms with Gasteiger partial charge in [-0.1, -0.05) is 12.1 Å². The van der Waals surface area contributed by atoms with Crippen LogP contribution in [-0.2, 0) is 0 Å². The number of carbonyl (C=O) groups excluding carboxylic acids is 1. The number of aryl methyl sites for hydroxylation is 1. The molecule has 0 fully saturated rings. The number of benzene rings is 2. The SMILES string of the molecule is CCN(C(=O)c1cc(-c2ccc(OC)cc2OC)n[nH]1)c1cccc(C)c1. The number of nitrogens with one attached hydrogen (secondary N) is 1. The van der Waals surface area contributed by atoms with Crippen molar-refractivity contribution in [2.75, 3.05) is 25.7 Å². The van der Waals surface area contributed by atoms with Gasteiger partial charge in [0.2, 0.25) is 0 Å². The van der Waals surface area contributed by atoms with Gasteiger partial charge in [-0.15, -0.1) is 0 Å². The number of carbonyl (C=O) groups is 1. The molecule has 0 aliphatic carbocycles. The lowest BCUT2D eigenvalue weighted by Crippen LogP contribution is -2.30. The minimum Gasteiger partial charge on any atom is -0.497 e. The van der Waals surface area contributed by atoms with Crippen LogP contribution in [0.1, 0.15) is 23.0 Å². The number of amides is 1. The number of aromatic amines is 1. The van der Waals surface area contributed by atoms with Gasteiger partial charge in [-0.2, -0.15) is 5.10 Å². The molecule has 0 saturated heterocycles. The minimum absolute atomic E-state index is 0.130. The second-order valence-electron chi connectivity index (χ2n) is 6.12.